The summed E-state index contributed by atoms with van der Waals surface area (Å²) in [5.74, 6) is 0.422. The Balaban J connectivity index is 2.07. The van der Waals surface area contributed by atoms with Crippen molar-refractivity contribution in [1.29, 1.82) is 5.26 Å². The first-order chi connectivity index (χ1) is 6.99. The van der Waals surface area contributed by atoms with E-state index in [1.807, 2.05) is 0 Å². The zero-order chi connectivity index (χ0) is 11.1. The quantitative estimate of drug-likeness (QED) is 0.756. The molecule has 1 unspecified atom stereocenters. The first kappa shape index (κ1) is 11.0. The van der Waals surface area contributed by atoms with E-state index in [1.165, 1.54) is 0 Å². The van der Waals surface area contributed by atoms with Gasteiger partial charge in [0.25, 0.3) is 0 Å². The second-order valence-corrected chi connectivity index (χ2v) is 6.21. The van der Waals surface area contributed by atoms with Crippen LogP contribution in [0.4, 0.5) is 0 Å². The predicted octanol–water partition coefficient (Wildman–Crippen LogP) is 2.87. The highest BCUT2D eigenvalue weighted by molar-refractivity contribution is 5.10. The highest BCUT2D eigenvalue weighted by Crippen LogP contribution is 2.51. The molecule has 2 fully saturated rings. The molecule has 0 heterocycles. The van der Waals surface area contributed by atoms with Gasteiger partial charge in [-0.15, -0.1) is 0 Å². The Labute approximate surface area is 92.3 Å². The molecule has 2 aliphatic carbocycles. The van der Waals surface area contributed by atoms with Crippen LogP contribution in [0.25, 0.3) is 0 Å². The second kappa shape index (κ2) is 3.49. The van der Waals surface area contributed by atoms with Gasteiger partial charge in [-0.2, -0.15) is 5.26 Å². The van der Waals surface area contributed by atoms with E-state index in [9.17, 15) is 10.4 Å². The minimum absolute atomic E-state index is 0.362. The summed E-state index contributed by atoms with van der Waals surface area (Å²) in [4.78, 5) is 0. The summed E-state index contributed by atoms with van der Waals surface area (Å²) in [6.45, 7) is 4.52. The van der Waals surface area contributed by atoms with Crippen molar-refractivity contribution < 1.29 is 5.11 Å². The van der Waals surface area contributed by atoms with Gasteiger partial charge in [0, 0.05) is 0 Å². The lowest BCUT2D eigenvalue weighted by molar-refractivity contribution is -0.00244. The Morgan fingerprint density at radius 3 is 2.13 bits per heavy atom. The third-order valence-corrected chi connectivity index (χ3v) is 4.35. The molecular formula is C13H21NO. The molecule has 1 N–H and O–H groups in total. The zero-order valence-corrected chi connectivity index (χ0v) is 9.79. The van der Waals surface area contributed by atoms with Gasteiger partial charge in [-0.3, -0.25) is 0 Å². The van der Waals surface area contributed by atoms with Crippen LogP contribution < -0.4 is 0 Å². The van der Waals surface area contributed by atoms with Gasteiger partial charge in [0.1, 0.15) is 0 Å². The smallest absolute Gasteiger partial charge is 0.0835 e. The molecule has 0 aromatic carbocycles. The van der Waals surface area contributed by atoms with Gasteiger partial charge in [-0.05, 0) is 49.9 Å². The Kier molecular flexibility index (Phi) is 2.55. The molecule has 0 radical (unpaired) electrons. The summed E-state index contributed by atoms with van der Waals surface area (Å²) < 4.78 is 0. The molecule has 84 valence electrons. The summed E-state index contributed by atoms with van der Waals surface area (Å²) in [5, 5.41) is 19.6. The van der Waals surface area contributed by atoms with Crippen LogP contribution in [0.15, 0.2) is 0 Å². The third kappa shape index (κ3) is 2.03. The van der Waals surface area contributed by atoms with E-state index in [1.54, 1.807) is 0 Å². The number of aliphatic hydroxyl groups excluding tert-OH is 1. The van der Waals surface area contributed by atoms with Crippen LogP contribution in [-0.2, 0) is 0 Å². The Hall–Kier alpha value is -0.550. The molecule has 2 aliphatic rings. The molecule has 2 heteroatoms. The highest BCUT2D eigenvalue weighted by atomic mass is 16.3. The lowest BCUT2D eigenvalue weighted by Gasteiger charge is -2.42. The van der Waals surface area contributed by atoms with Crippen molar-refractivity contribution in [1.82, 2.24) is 0 Å². The molecule has 0 aliphatic heterocycles. The van der Waals surface area contributed by atoms with Crippen LogP contribution in [0.1, 0.15) is 52.4 Å². The molecule has 0 aromatic heterocycles. The van der Waals surface area contributed by atoms with Gasteiger partial charge >= 0.3 is 0 Å². The van der Waals surface area contributed by atoms with Gasteiger partial charge in [0.2, 0.25) is 0 Å². The van der Waals surface area contributed by atoms with Gasteiger partial charge in [0.05, 0.1) is 17.6 Å². The number of nitrogens with zero attached hydrogens (tertiary/aromatic N) is 1. The summed E-state index contributed by atoms with van der Waals surface area (Å²) in [5.41, 5.74) is -0.0553. The summed E-state index contributed by atoms with van der Waals surface area (Å²) in [6.07, 6.45) is 5.79. The van der Waals surface area contributed by atoms with Crippen molar-refractivity contribution in [3.05, 3.63) is 0 Å². The van der Waals surface area contributed by atoms with Crippen molar-refractivity contribution in [3.8, 4) is 6.07 Å². The standard InChI is InChI=1S/C13H21NO/c1-12(2)5-7-13(9-14,8-6-12)11(15)10-3-4-10/h10-11,15H,3-8H2,1-2H3. The van der Waals surface area contributed by atoms with Crippen molar-refractivity contribution in [2.45, 2.75) is 58.5 Å². The number of nitriles is 1. The summed E-state index contributed by atoms with van der Waals surface area (Å²) >= 11 is 0. The van der Waals surface area contributed by atoms with Crippen molar-refractivity contribution in [3.63, 3.8) is 0 Å². The van der Waals surface area contributed by atoms with Crippen LogP contribution in [0.3, 0.4) is 0 Å². The molecule has 15 heavy (non-hydrogen) atoms. The average molecular weight is 207 g/mol. The van der Waals surface area contributed by atoms with Gasteiger partial charge < -0.3 is 5.11 Å². The summed E-state index contributed by atoms with van der Waals surface area (Å²) in [6, 6.07) is 2.43. The third-order valence-electron chi connectivity index (χ3n) is 4.35. The normalized spacial score (nSPS) is 30.5. The van der Waals surface area contributed by atoms with E-state index in [0.717, 1.165) is 38.5 Å². The van der Waals surface area contributed by atoms with Gasteiger partial charge in [-0.25, -0.2) is 0 Å². The van der Waals surface area contributed by atoms with E-state index < -0.39 is 5.41 Å². The summed E-state index contributed by atoms with van der Waals surface area (Å²) in [7, 11) is 0. The van der Waals surface area contributed by atoms with Crippen molar-refractivity contribution in [2.75, 3.05) is 0 Å². The van der Waals surface area contributed by atoms with Crippen molar-refractivity contribution in [2.24, 2.45) is 16.7 Å². The maximum absolute atomic E-state index is 10.2. The molecule has 0 bridgehead atoms. The fourth-order valence-corrected chi connectivity index (χ4v) is 2.71. The SMILES string of the molecule is CC1(C)CCC(C#N)(C(O)C2CC2)CC1. The topological polar surface area (TPSA) is 44.0 Å². The van der Waals surface area contributed by atoms with Crippen LogP contribution in [0.5, 0.6) is 0 Å². The maximum atomic E-state index is 10.2. The van der Waals surface area contributed by atoms with E-state index in [4.69, 9.17) is 0 Å². The number of aliphatic hydroxyl groups is 1. The minimum atomic E-state index is -0.420. The van der Waals surface area contributed by atoms with E-state index in [0.29, 0.717) is 11.3 Å². The maximum Gasteiger partial charge on any atom is 0.0835 e. The molecule has 0 amide bonds. The largest absolute Gasteiger partial charge is 0.391 e. The average Bonchev–Trinajstić information content (AvgIpc) is 3.01. The molecule has 0 aromatic rings. The van der Waals surface area contributed by atoms with E-state index >= 15 is 0 Å². The zero-order valence-electron chi connectivity index (χ0n) is 9.79. The molecule has 2 saturated carbocycles. The monoisotopic (exact) mass is 207 g/mol. The molecule has 0 spiro atoms. The van der Waals surface area contributed by atoms with Gasteiger partial charge in [0.15, 0.2) is 0 Å². The van der Waals surface area contributed by atoms with E-state index in [2.05, 4.69) is 19.9 Å². The Morgan fingerprint density at radius 1 is 1.20 bits per heavy atom. The minimum Gasteiger partial charge on any atom is -0.391 e. The fraction of sp³-hybridized carbons (Fsp3) is 0.923. The van der Waals surface area contributed by atoms with Gasteiger partial charge in [-0.1, -0.05) is 13.8 Å². The highest BCUT2D eigenvalue weighted by Gasteiger charge is 2.49. The number of hydrogen-bond acceptors (Lipinski definition) is 2. The Morgan fingerprint density at radius 2 is 1.73 bits per heavy atom. The molecular weight excluding hydrogens is 186 g/mol. The molecule has 2 nitrogen and oxygen atoms in total. The lowest BCUT2D eigenvalue weighted by atomic mass is 9.63. The number of hydrogen-bond donors (Lipinski definition) is 1. The van der Waals surface area contributed by atoms with Crippen LogP contribution in [0, 0.1) is 28.1 Å². The van der Waals surface area contributed by atoms with Crippen LogP contribution >= 0.6 is 0 Å². The lowest BCUT2D eigenvalue weighted by Crippen LogP contribution is -2.40. The van der Waals surface area contributed by atoms with Crippen LogP contribution in [0.2, 0.25) is 0 Å². The fourth-order valence-electron chi connectivity index (χ4n) is 2.71. The van der Waals surface area contributed by atoms with E-state index in [-0.39, 0.29) is 6.10 Å². The second-order valence-electron chi connectivity index (χ2n) is 6.21. The first-order valence-corrected chi connectivity index (χ1v) is 6.08. The molecule has 0 saturated heterocycles. The predicted molar refractivity (Wildman–Crippen MR) is 59.0 cm³/mol. The van der Waals surface area contributed by atoms with Crippen molar-refractivity contribution >= 4 is 0 Å². The molecule has 1 atom stereocenters. The Bertz CT molecular complexity index is 275. The number of rotatable bonds is 2. The first-order valence-electron chi connectivity index (χ1n) is 6.08. The van der Waals surface area contributed by atoms with Crippen LogP contribution in [-0.4, -0.2) is 11.2 Å². The molecule has 2 rings (SSSR count).